The number of likely N-dealkylation sites (tertiary alicyclic amines) is 1. The summed E-state index contributed by atoms with van der Waals surface area (Å²) in [6, 6.07) is 0. The Hall–Kier alpha value is -2.12. The van der Waals surface area contributed by atoms with Gasteiger partial charge in [-0.2, -0.15) is 5.10 Å². The molecule has 1 aliphatic heterocycles. The van der Waals surface area contributed by atoms with E-state index in [1.807, 2.05) is 6.92 Å². The second kappa shape index (κ2) is 6.07. The summed E-state index contributed by atoms with van der Waals surface area (Å²) in [7, 11) is 2.98. The number of hydrogen-bond acceptors (Lipinski definition) is 5. The first-order valence-electron chi connectivity index (χ1n) is 8.46. The molecule has 2 fully saturated rings. The summed E-state index contributed by atoms with van der Waals surface area (Å²) in [4.78, 5) is 38.3. The second-order valence-electron chi connectivity index (χ2n) is 6.65. The summed E-state index contributed by atoms with van der Waals surface area (Å²) in [5.41, 5.74) is -1.04. The van der Waals surface area contributed by atoms with Crippen LogP contribution in [0.2, 0.25) is 0 Å². The highest BCUT2D eigenvalue weighted by Gasteiger charge is 2.59. The van der Waals surface area contributed by atoms with E-state index in [0.29, 0.717) is 32.5 Å². The molecule has 1 saturated carbocycles. The van der Waals surface area contributed by atoms with Crippen molar-refractivity contribution in [1.29, 1.82) is 0 Å². The van der Waals surface area contributed by atoms with E-state index in [9.17, 15) is 14.4 Å². The Bertz CT molecular complexity index is 708. The zero-order valence-corrected chi connectivity index (χ0v) is 14.4. The van der Waals surface area contributed by atoms with Gasteiger partial charge in [-0.05, 0) is 32.6 Å². The minimum absolute atomic E-state index is 0.103. The number of nitrogens with zero attached hydrogens (tertiary/aromatic N) is 4. The van der Waals surface area contributed by atoms with Crippen LogP contribution in [0, 0.1) is 5.41 Å². The molecule has 1 aliphatic carbocycles. The molecule has 1 saturated heterocycles. The van der Waals surface area contributed by atoms with Gasteiger partial charge in [0.25, 0.3) is 0 Å². The lowest BCUT2D eigenvalue weighted by atomic mass is 9.94. The molecule has 0 aromatic carbocycles. The van der Waals surface area contributed by atoms with E-state index in [1.165, 1.54) is 11.8 Å². The number of carbonyl (C=O) groups is 2. The molecule has 0 spiro atoms. The third-order valence-electron chi connectivity index (χ3n) is 5.24. The van der Waals surface area contributed by atoms with E-state index >= 15 is 0 Å². The largest absolute Gasteiger partial charge is 0.468 e. The van der Waals surface area contributed by atoms with Gasteiger partial charge in [0, 0.05) is 32.6 Å². The Balaban J connectivity index is 1.69. The highest BCUT2D eigenvalue weighted by atomic mass is 16.5. The SMILES string of the molecule is CCn1c(C2CCN(C(=O)C3(C(=O)OC)CC3)CC2)nn(C)c1=O. The zero-order valence-electron chi connectivity index (χ0n) is 14.4. The van der Waals surface area contributed by atoms with Crippen LogP contribution in [0.5, 0.6) is 0 Å². The predicted molar refractivity (Wildman–Crippen MR) is 85.4 cm³/mol. The van der Waals surface area contributed by atoms with Gasteiger partial charge in [-0.1, -0.05) is 0 Å². The van der Waals surface area contributed by atoms with Crippen LogP contribution in [0.25, 0.3) is 0 Å². The summed E-state index contributed by atoms with van der Waals surface area (Å²) in [6.45, 7) is 3.68. The van der Waals surface area contributed by atoms with Gasteiger partial charge in [0.15, 0.2) is 0 Å². The molecule has 1 amide bonds. The van der Waals surface area contributed by atoms with Crippen molar-refractivity contribution < 1.29 is 14.3 Å². The molecule has 0 N–H and O–H groups in total. The lowest BCUT2D eigenvalue weighted by Crippen LogP contribution is -2.45. The summed E-state index contributed by atoms with van der Waals surface area (Å²) in [5.74, 6) is 0.434. The number of rotatable bonds is 4. The fourth-order valence-corrected chi connectivity index (χ4v) is 3.59. The lowest BCUT2D eigenvalue weighted by Gasteiger charge is -2.33. The minimum atomic E-state index is -0.932. The number of piperidine rings is 1. The molecule has 0 atom stereocenters. The van der Waals surface area contributed by atoms with Gasteiger partial charge in [0.2, 0.25) is 5.91 Å². The molecule has 132 valence electrons. The van der Waals surface area contributed by atoms with Crippen LogP contribution in [-0.4, -0.2) is 51.3 Å². The third kappa shape index (κ3) is 2.53. The normalized spacial score (nSPS) is 20.0. The Morgan fingerprint density at radius 3 is 2.42 bits per heavy atom. The van der Waals surface area contributed by atoms with Gasteiger partial charge in [0.1, 0.15) is 11.2 Å². The van der Waals surface area contributed by atoms with E-state index in [1.54, 1.807) is 16.5 Å². The summed E-state index contributed by atoms with van der Waals surface area (Å²) in [5, 5.41) is 4.37. The highest BCUT2D eigenvalue weighted by Crippen LogP contribution is 2.48. The lowest BCUT2D eigenvalue weighted by molar-refractivity contribution is -0.156. The van der Waals surface area contributed by atoms with E-state index in [2.05, 4.69) is 5.10 Å². The molecular weight excluding hydrogens is 312 g/mol. The number of methoxy groups -OCH3 is 1. The summed E-state index contributed by atoms with van der Waals surface area (Å²) in [6.07, 6.45) is 2.65. The average molecular weight is 336 g/mol. The van der Waals surface area contributed by atoms with Gasteiger partial charge >= 0.3 is 11.7 Å². The van der Waals surface area contributed by atoms with Crippen molar-refractivity contribution in [3.8, 4) is 0 Å². The maximum Gasteiger partial charge on any atom is 0.345 e. The second-order valence-corrected chi connectivity index (χ2v) is 6.65. The van der Waals surface area contributed by atoms with Crippen molar-refractivity contribution in [3.63, 3.8) is 0 Å². The van der Waals surface area contributed by atoms with Gasteiger partial charge in [-0.15, -0.1) is 0 Å². The maximum absolute atomic E-state index is 12.7. The van der Waals surface area contributed by atoms with E-state index < -0.39 is 11.4 Å². The van der Waals surface area contributed by atoms with Crippen LogP contribution in [0.15, 0.2) is 4.79 Å². The molecule has 3 rings (SSSR count). The quantitative estimate of drug-likeness (QED) is 0.581. The molecular formula is C16H24N4O4. The number of aryl methyl sites for hydroxylation is 1. The molecule has 8 nitrogen and oxygen atoms in total. The number of aromatic nitrogens is 3. The van der Waals surface area contributed by atoms with E-state index in [0.717, 1.165) is 18.7 Å². The number of amides is 1. The smallest absolute Gasteiger partial charge is 0.345 e. The number of carbonyl (C=O) groups excluding carboxylic acids is 2. The molecule has 24 heavy (non-hydrogen) atoms. The molecule has 2 heterocycles. The first kappa shape index (κ1) is 16.7. The van der Waals surface area contributed by atoms with Crippen LogP contribution >= 0.6 is 0 Å². The van der Waals surface area contributed by atoms with Gasteiger partial charge in [-0.3, -0.25) is 14.2 Å². The molecule has 1 aromatic heterocycles. The Morgan fingerprint density at radius 2 is 1.92 bits per heavy atom. The fourth-order valence-electron chi connectivity index (χ4n) is 3.59. The van der Waals surface area contributed by atoms with Crippen molar-refractivity contribution >= 4 is 11.9 Å². The van der Waals surface area contributed by atoms with Crippen LogP contribution in [0.1, 0.15) is 44.3 Å². The van der Waals surface area contributed by atoms with Gasteiger partial charge in [0.05, 0.1) is 7.11 Å². The summed E-state index contributed by atoms with van der Waals surface area (Å²) >= 11 is 0. The van der Waals surface area contributed by atoms with Crippen molar-refractivity contribution in [2.24, 2.45) is 12.5 Å². The number of ether oxygens (including phenoxy) is 1. The van der Waals surface area contributed by atoms with Crippen LogP contribution in [0.4, 0.5) is 0 Å². The number of hydrogen-bond donors (Lipinski definition) is 0. The molecule has 8 heteroatoms. The topological polar surface area (TPSA) is 86.4 Å². The molecule has 0 radical (unpaired) electrons. The van der Waals surface area contributed by atoms with E-state index in [-0.39, 0.29) is 17.5 Å². The van der Waals surface area contributed by atoms with Gasteiger partial charge < -0.3 is 9.64 Å². The predicted octanol–water partition coefficient (Wildman–Crippen LogP) is 0.261. The van der Waals surface area contributed by atoms with Crippen molar-refractivity contribution in [1.82, 2.24) is 19.2 Å². The van der Waals surface area contributed by atoms with Crippen molar-refractivity contribution in [3.05, 3.63) is 16.3 Å². The van der Waals surface area contributed by atoms with Crippen LogP contribution < -0.4 is 5.69 Å². The van der Waals surface area contributed by atoms with Gasteiger partial charge in [-0.25, -0.2) is 9.48 Å². The highest BCUT2D eigenvalue weighted by molar-refractivity contribution is 6.05. The van der Waals surface area contributed by atoms with Crippen molar-refractivity contribution in [2.75, 3.05) is 20.2 Å². The van der Waals surface area contributed by atoms with Crippen molar-refractivity contribution in [2.45, 2.75) is 45.1 Å². The monoisotopic (exact) mass is 336 g/mol. The minimum Gasteiger partial charge on any atom is -0.468 e. The fraction of sp³-hybridized carbons (Fsp3) is 0.750. The third-order valence-corrected chi connectivity index (χ3v) is 5.24. The van der Waals surface area contributed by atoms with Crippen LogP contribution in [0.3, 0.4) is 0 Å². The Morgan fingerprint density at radius 1 is 1.29 bits per heavy atom. The first-order chi connectivity index (χ1) is 11.4. The maximum atomic E-state index is 12.7. The first-order valence-corrected chi connectivity index (χ1v) is 8.46. The molecule has 0 bridgehead atoms. The average Bonchev–Trinajstić information content (AvgIpc) is 3.36. The Kier molecular flexibility index (Phi) is 4.23. The molecule has 2 aliphatic rings. The standard InChI is InChI=1S/C16H24N4O4/c1-4-20-12(17-18(2)15(20)23)11-5-9-19(10-6-11)13(21)16(7-8-16)14(22)24-3/h11H,4-10H2,1-3H3. The number of esters is 1. The molecule has 0 unspecified atom stereocenters. The zero-order chi connectivity index (χ0) is 17.5. The Labute approximate surface area is 140 Å². The molecule has 1 aromatic rings. The summed E-state index contributed by atoms with van der Waals surface area (Å²) < 4.78 is 7.85. The van der Waals surface area contributed by atoms with E-state index in [4.69, 9.17) is 4.74 Å². The van der Waals surface area contributed by atoms with Crippen LogP contribution in [-0.2, 0) is 27.9 Å².